The maximum Gasteiger partial charge on any atom is 0.127 e. The van der Waals surface area contributed by atoms with Crippen LogP contribution in [0.5, 0.6) is 0 Å². The van der Waals surface area contributed by atoms with Crippen molar-refractivity contribution < 1.29 is 4.74 Å². The first kappa shape index (κ1) is 15.2. The Labute approximate surface area is 124 Å². The van der Waals surface area contributed by atoms with Gasteiger partial charge in [-0.25, -0.2) is 4.98 Å². The first-order valence-corrected chi connectivity index (χ1v) is 7.20. The van der Waals surface area contributed by atoms with Crippen molar-refractivity contribution in [2.24, 2.45) is 0 Å². The summed E-state index contributed by atoms with van der Waals surface area (Å²) in [5.74, 6) is 0.867. The second kappa shape index (κ2) is 7.02. The van der Waals surface area contributed by atoms with E-state index in [-0.39, 0.29) is 5.38 Å². The van der Waals surface area contributed by atoms with E-state index in [4.69, 9.17) is 16.3 Å². The van der Waals surface area contributed by atoms with Crippen LogP contribution in [0.25, 0.3) is 11.0 Å². The van der Waals surface area contributed by atoms with Gasteiger partial charge in [0.2, 0.25) is 0 Å². The van der Waals surface area contributed by atoms with E-state index in [0.717, 1.165) is 36.6 Å². The van der Waals surface area contributed by atoms with Gasteiger partial charge in [0.1, 0.15) is 11.3 Å². The highest BCUT2D eigenvalue weighted by Gasteiger charge is 2.14. The zero-order valence-corrected chi connectivity index (χ0v) is 13.0. The zero-order chi connectivity index (χ0) is 14.5. The first-order chi connectivity index (χ1) is 9.59. The second-order valence-corrected chi connectivity index (χ2v) is 5.67. The number of nitrogens with zero attached hydrogens (tertiary/aromatic N) is 4. The summed E-state index contributed by atoms with van der Waals surface area (Å²) in [5, 5.41) is -0.135. The van der Waals surface area contributed by atoms with Gasteiger partial charge in [0.25, 0.3) is 0 Å². The van der Waals surface area contributed by atoms with E-state index in [9.17, 15) is 0 Å². The summed E-state index contributed by atoms with van der Waals surface area (Å²) >= 11 is 6.21. The van der Waals surface area contributed by atoms with Crippen molar-refractivity contribution in [1.82, 2.24) is 19.4 Å². The van der Waals surface area contributed by atoms with E-state index < -0.39 is 0 Å². The normalized spacial score (nSPS) is 13.2. The van der Waals surface area contributed by atoms with Gasteiger partial charge in [-0.3, -0.25) is 4.98 Å². The Morgan fingerprint density at radius 3 is 2.90 bits per heavy atom. The summed E-state index contributed by atoms with van der Waals surface area (Å²) in [6, 6.07) is 1.96. The number of aromatic nitrogens is 3. The molecule has 0 aliphatic rings. The summed E-state index contributed by atoms with van der Waals surface area (Å²) in [5.41, 5.74) is 1.93. The predicted molar refractivity (Wildman–Crippen MR) is 81.2 cm³/mol. The number of likely N-dealkylation sites (N-methyl/N-ethyl adjacent to an activating group) is 1. The smallest absolute Gasteiger partial charge is 0.127 e. The van der Waals surface area contributed by atoms with Crippen LogP contribution in [0.15, 0.2) is 18.5 Å². The molecule has 2 heterocycles. The van der Waals surface area contributed by atoms with E-state index in [0.29, 0.717) is 6.61 Å². The summed E-state index contributed by atoms with van der Waals surface area (Å²) in [6.07, 6.45) is 3.54. The molecular weight excluding hydrogens is 276 g/mol. The Morgan fingerprint density at radius 2 is 2.20 bits per heavy atom. The second-order valence-electron chi connectivity index (χ2n) is 5.02. The number of hydrogen-bond donors (Lipinski definition) is 0. The fraction of sp³-hybridized carbons (Fsp3) is 0.571. The molecule has 1 atom stereocenters. The molecule has 0 fully saturated rings. The number of alkyl halides is 1. The van der Waals surface area contributed by atoms with Gasteiger partial charge < -0.3 is 14.2 Å². The lowest BCUT2D eigenvalue weighted by Crippen LogP contribution is -2.19. The molecule has 5 nitrogen and oxygen atoms in total. The molecule has 0 aromatic carbocycles. The third-order valence-corrected chi connectivity index (χ3v) is 3.27. The van der Waals surface area contributed by atoms with E-state index in [1.165, 1.54) is 0 Å². The van der Waals surface area contributed by atoms with E-state index in [2.05, 4.69) is 19.4 Å². The van der Waals surface area contributed by atoms with Gasteiger partial charge in [0.15, 0.2) is 0 Å². The molecule has 2 aromatic rings. The lowest BCUT2D eigenvalue weighted by Gasteiger charge is -2.12. The molecule has 0 amide bonds. The number of ether oxygens (including phenoxy) is 1. The number of imidazole rings is 1. The van der Waals surface area contributed by atoms with E-state index >= 15 is 0 Å². The fourth-order valence-electron chi connectivity index (χ4n) is 2.04. The van der Waals surface area contributed by atoms with Crippen molar-refractivity contribution in [3.05, 3.63) is 24.3 Å². The first-order valence-electron chi connectivity index (χ1n) is 6.76. The topological polar surface area (TPSA) is 43.2 Å². The van der Waals surface area contributed by atoms with Crippen LogP contribution in [0.3, 0.4) is 0 Å². The zero-order valence-electron chi connectivity index (χ0n) is 12.2. The quantitative estimate of drug-likeness (QED) is 0.581. The largest absolute Gasteiger partial charge is 0.378 e. The number of hydrogen-bond acceptors (Lipinski definition) is 4. The van der Waals surface area contributed by atoms with Crippen LogP contribution in [0, 0.1) is 0 Å². The molecule has 6 heteroatoms. The monoisotopic (exact) mass is 296 g/mol. The third kappa shape index (κ3) is 3.69. The van der Waals surface area contributed by atoms with E-state index in [1.54, 1.807) is 12.4 Å². The minimum absolute atomic E-state index is 0.135. The van der Waals surface area contributed by atoms with Crippen LogP contribution < -0.4 is 0 Å². The van der Waals surface area contributed by atoms with Gasteiger partial charge in [0.05, 0.1) is 30.3 Å². The molecule has 0 bridgehead atoms. The molecule has 110 valence electrons. The Kier molecular flexibility index (Phi) is 5.34. The third-order valence-electron chi connectivity index (χ3n) is 3.08. The molecule has 0 aliphatic carbocycles. The van der Waals surface area contributed by atoms with Gasteiger partial charge in [0, 0.05) is 19.3 Å². The lowest BCUT2D eigenvalue weighted by atomic mass is 10.4. The van der Waals surface area contributed by atoms with Crippen LogP contribution in [-0.4, -0.2) is 53.3 Å². The minimum Gasteiger partial charge on any atom is -0.378 e. The van der Waals surface area contributed by atoms with Crippen molar-refractivity contribution in [3.8, 4) is 0 Å². The van der Waals surface area contributed by atoms with Gasteiger partial charge in [-0.05, 0) is 27.1 Å². The SMILES string of the molecule is CC(Cl)c1nc2cnccc2n1CCOCCN(C)C. The number of halogens is 1. The van der Waals surface area contributed by atoms with Gasteiger partial charge in [-0.1, -0.05) is 0 Å². The summed E-state index contributed by atoms with van der Waals surface area (Å²) in [6.45, 7) is 4.98. The van der Waals surface area contributed by atoms with Crippen LogP contribution in [0.4, 0.5) is 0 Å². The molecule has 0 radical (unpaired) electrons. The summed E-state index contributed by atoms with van der Waals surface area (Å²) in [7, 11) is 4.07. The molecule has 0 saturated carbocycles. The fourth-order valence-corrected chi connectivity index (χ4v) is 2.21. The predicted octanol–water partition coefficient (Wildman–Crippen LogP) is 2.31. The summed E-state index contributed by atoms with van der Waals surface area (Å²) < 4.78 is 7.77. The number of pyridine rings is 1. The molecule has 2 rings (SSSR count). The maximum atomic E-state index is 6.21. The molecule has 20 heavy (non-hydrogen) atoms. The van der Waals surface area contributed by atoms with Crippen molar-refractivity contribution in [2.75, 3.05) is 33.9 Å². The van der Waals surface area contributed by atoms with Gasteiger partial charge in [-0.2, -0.15) is 0 Å². The summed E-state index contributed by atoms with van der Waals surface area (Å²) in [4.78, 5) is 10.7. The van der Waals surface area contributed by atoms with Crippen molar-refractivity contribution >= 4 is 22.6 Å². The molecule has 1 unspecified atom stereocenters. The average molecular weight is 297 g/mol. The van der Waals surface area contributed by atoms with E-state index in [1.807, 2.05) is 27.1 Å². The Hall–Kier alpha value is -1.17. The van der Waals surface area contributed by atoms with Crippen LogP contribution in [-0.2, 0) is 11.3 Å². The molecule has 0 spiro atoms. The van der Waals surface area contributed by atoms with Crippen molar-refractivity contribution in [3.63, 3.8) is 0 Å². The highest BCUT2D eigenvalue weighted by Crippen LogP contribution is 2.23. The average Bonchev–Trinajstić information content (AvgIpc) is 2.77. The Morgan fingerprint density at radius 1 is 1.40 bits per heavy atom. The molecular formula is C14H21ClN4O. The standard InChI is InChI=1S/C14H21ClN4O/c1-11(15)14-17-12-10-16-5-4-13(12)19(14)7-9-20-8-6-18(2)3/h4-5,10-11H,6-9H2,1-3H3. The lowest BCUT2D eigenvalue weighted by molar-refractivity contribution is 0.111. The minimum atomic E-state index is -0.135. The van der Waals surface area contributed by atoms with Crippen molar-refractivity contribution in [2.45, 2.75) is 18.8 Å². The molecule has 0 aliphatic heterocycles. The Balaban J connectivity index is 2.06. The van der Waals surface area contributed by atoms with Gasteiger partial charge >= 0.3 is 0 Å². The Bertz CT molecular complexity index is 553. The number of fused-ring (bicyclic) bond motifs is 1. The molecule has 0 saturated heterocycles. The highest BCUT2D eigenvalue weighted by molar-refractivity contribution is 6.20. The van der Waals surface area contributed by atoms with Crippen LogP contribution in [0.2, 0.25) is 0 Å². The highest BCUT2D eigenvalue weighted by atomic mass is 35.5. The van der Waals surface area contributed by atoms with Crippen LogP contribution >= 0.6 is 11.6 Å². The van der Waals surface area contributed by atoms with Gasteiger partial charge in [-0.15, -0.1) is 11.6 Å². The molecule has 2 aromatic heterocycles. The van der Waals surface area contributed by atoms with Crippen LogP contribution in [0.1, 0.15) is 18.1 Å². The number of rotatable bonds is 7. The molecule has 0 N–H and O–H groups in total. The maximum absolute atomic E-state index is 6.21. The van der Waals surface area contributed by atoms with Crippen molar-refractivity contribution in [1.29, 1.82) is 0 Å².